The smallest absolute Gasteiger partial charge is 0.255 e. The third kappa shape index (κ3) is 4.84. The molecule has 1 aromatic heterocycles. The van der Waals surface area contributed by atoms with Gasteiger partial charge in [-0.25, -0.2) is 0 Å². The highest BCUT2D eigenvalue weighted by atomic mass is 16.5. The molecule has 2 N–H and O–H groups in total. The van der Waals surface area contributed by atoms with Crippen LogP contribution in [-0.2, 0) is 22.7 Å². The Bertz CT molecular complexity index is 1290. The Kier molecular flexibility index (Phi) is 6.75. The molecule has 2 aliphatic heterocycles. The van der Waals surface area contributed by atoms with Crippen LogP contribution in [-0.4, -0.2) is 67.5 Å². The first-order chi connectivity index (χ1) is 17.8. The normalized spacial score (nSPS) is 19.8. The van der Waals surface area contributed by atoms with Gasteiger partial charge >= 0.3 is 0 Å². The largest absolute Gasteiger partial charge is 0.391 e. The Balaban J connectivity index is 1.27. The van der Waals surface area contributed by atoms with E-state index in [1.165, 1.54) is 11.3 Å². The van der Waals surface area contributed by atoms with Crippen LogP contribution >= 0.6 is 0 Å². The van der Waals surface area contributed by atoms with Crippen molar-refractivity contribution in [3.63, 3.8) is 0 Å². The number of carbonyl (C=O) groups excluding carboxylic acids is 3. The van der Waals surface area contributed by atoms with Crippen LogP contribution in [0.5, 0.6) is 0 Å². The van der Waals surface area contributed by atoms with Gasteiger partial charge in [0.15, 0.2) is 0 Å². The minimum absolute atomic E-state index is 0.0501. The number of hydrogen-bond acceptors (Lipinski definition) is 7. The summed E-state index contributed by atoms with van der Waals surface area (Å²) in [7, 11) is 0. The zero-order chi connectivity index (χ0) is 26.1. The fraction of sp³-hybridized carbons (Fsp3) is 0.370. The quantitative estimate of drug-likeness (QED) is 0.505. The lowest BCUT2D eigenvalue weighted by Gasteiger charge is -2.35. The van der Waals surface area contributed by atoms with Gasteiger partial charge < -0.3 is 24.7 Å². The average molecular weight is 504 g/mol. The van der Waals surface area contributed by atoms with Gasteiger partial charge in [-0.2, -0.15) is 4.98 Å². The molecule has 1 saturated heterocycles. The van der Waals surface area contributed by atoms with Gasteiger partial charge in [-0.3, -0.25) is 14.4 Å². The van der Waals surface area contributed by atoms with Crippen LogP contribution in [0.1, 0.15) is 41.8 Å². The van der Waals surface area contributed by atoms with E-state index in [1.807, 2.05) is 56.3 Å². The van der Waals surface area contributed by atoms with E-state index in [4.69, 9.17) is 4.52 Å². The lowest BCUT2D eigenvalue weighted by molar-refractivity contribution is -0.143. The maximum Gasteiger partial charge on any atom is 0.255 e. The number of nitrogens with one attached hydrogen (secondary N) is 1. The molecule has 37 heavy (non-hydrogen) atoms. The van der Waals surface area contributed by atoms with Gasteiger partial charge in [0.2, 0.25) is 24.0 Å². The van der Waals surface area contributed by atoms with Gasteiger partial charge in [-0.05, 0) is 23.1 Å². The van der Waals surface area contributed by atoms with Gasteiger partial charge in [0.05, 0.1) is 6.10 Å². The Morgan fingerprint density at radius 2 is 1.92 bits per heavy atom. The third-order valence-electron chi connectivity index (χ3n) is 6.97. The summed E-state index contributed by atoms with van der Waals surface area (Å²) in [6.07, 6.45) is 0.593. The first-order valence-corrected chi connectivity index (χ1v) is 12.3. The summed E-state index contributed by atoms with van der Waals surface area (Å²) in [6, 6.07) is 13.2. The molecule has 192 valence electrons. The summed E-state index contributed by atoms with van der Waals surface area (Å²) in [4.78, 5) is 47.1. The SMILES string of the molecule is CC(C)[C@@H](C(=O)N1CC(O)C[C@H]1C(=O)NCc1ccc(-c2ncon2)cc1)N1Cc2ccccc2C1=O. The molecule has 3 aromatic rings. The summed E-state index contributed by atoms with van der Waals surface area (Å²) in [5.41, 5.74) is 3.13. The number of amides is 3. The number of carbonyl (C=O) groups is 3. The number of β-amino-alcohol motifs (C(OH)–C–C–N with tert-alkyl or cyclic N) is 1. The van der Waals surface area contributed by atoms with Crippen LogP contribution in [0.4, 0.5) is 0 Å². The van der Waals surface area contributed by atoms with Crippen LogP contribution in [0.3, 0.4) is 0 Å². The second kappa shape index (κ2) is 10.1. The molecule has 2 aliphatic rings. The van der Waals surface area contributed by atoms with E-state index >= 15 is 0 Å². The van der Waals surface area contributed by atoms with Crippen molar-refractivity contribution >= 4 is 17.7 Å². The molecule has 10 nitrogen and oxygen atoms in total. The number of fused-ring (bicyclic) bond motifs is 1. The number of rotatable bonds is 7. The summed E-state index contributed by atoms with van der Waals surface area (Å²) >= 11 is 0. The topological polar surface area (TPSA) is 129 Å². The second-order valence-electron chi connectivity index (χ2n) is 9.84. The Morgan fingerprint density at radius 3 is 2.59 bits per heavy atom. The van der Waals surface area contributed by atoms with Crippen LogP contribution in [0, 0.1) is 5.92 Å². The Labute approximate surface area is 214 Å². The molecule has 1 unspecified atom stereocenters. The van der Waals surface area contributed by atoms with Gasteiger partial charge in [-0.15, -0.1) is 0 Å². The minimum Gasteiger partial charge on any atom is -0.391 e. The van der Waals surface area contributed by atoms with Gasteiger partial charge in [0.1, 0.15) is 12.1 Å². The fourth-order valence-electron chi connectivity index (χ4n) is 5.13. The van der Waals surface area contributed by atoms with E-state index in [-0.39, 0.29) is 43.1 Å². The predicted molar refractivity (Wildman–Crippen MR) is 133 cm³/mol. The zero-order valence-electron chi connectivity index (χ0n) is 20.7. The van der Waals surface area contributed by atoms with Crippen molar-refractivity contribution in [3.8, 4) is 11.4 Å². The molecular weight excluding hydrogens is 474 g/mol. The van der Waals surface area contributed by atoms with E-state index in [2.05, 4.69) is 15.5 Å². The first kappa shape index (κ1) is 24.6. The lowest BCUT2D eigenvalue weighted by atomic mass is 10.0. The van der Waals surface area contributed by atoms with Crippen molar-refractivity contribution in [3.05, 3.63) is 71.6 Å². The summed E-state index contributed by atoms with van der Waals surface area (Å²) in [6.45, 7) is 4.43. The predicted octanol–water partition coefficient (Wildman–Crippen LogP) is 2.00. The Hall–Kier alpha value is -4.05. The molecule has 0 aliphatic carbocycles. The van der Waals surface area contributed by atoms with Crippen molar-refractivity contribution in [2.45, 2.75) is 51.5 Å². The van der Waals surface area contributed by atoms with Crippen LogP contribution < -0.4 is 5.32 Å². The molecule has 3 atom stereocenters. The Morgan fingerprint density at radius 1 is 1.16 bits per heavy atom. The van der Waals surface area contributed by atoms with Gasteiger partial charge in [0, 0.05) is 37.2 Å². The van der Waals surface area contributed by atoms with Crippen molar-refractivity contribution in [2.24, 2.45) is 5.92 Å². The first-order valence-electron chi connectivity index (χ1n) is 12.3. The molecule has 0 spiro atoms. The van der Waals surface area contributed by atoms with E-state index < -0.39 is 18.2 Å². The number of hydrogen-bond donors (Lipinski definition) is 2. The zero-order valence-corrected chi connectivity index (χ0v) is 20.7. The molecule has 0 bridgehead atoms. The maximum absolute atomic E-state index is 13.8. The molecule has 2 aromatic carbocycles. The van der Waals surface area contributed by atoms with Crippen molar-refractivity contribution in [1.29, 1.82) is 0 Å². The highest BCUT2D eigenvalue weighted by Crippen LogP contribution is 2.30. The maximum atomic E-state index is 13.8. The minimum atomic E-state index is -0.817. The number of aliphatic hydroxyl groups is 1. The molecule has 3 heterocycles. The van der Waals surface area contributed by atoms with Crippen LogP contribution in [0.15, 0.2) is 59.4 Å². The highest BCUT2D eigenvalue weighted by molar-refractivity contribution is 6.01. The number of likely N-dealkylation sites (tertiary alicyclic amines) is 1. The molecule has 3 amide bonds. The average Bonchev–Trinajstić information content (AvgIpc) is 3.63. The standard InChI is InChI=1S/C27H29N5O5/c1-16(2)23(32-13-19-5-3-4-6-21(19)26(32)35)27(36)31-14-20(33)11-22(31)25(34)28-12-17-7-9-18(10-8-17)24-29-15-37-30-24/h3-10,15-16,20,22-23,33H,11-14H2,1-2H3,(H,28,34)/t20?,22-,23-/m0/s1. The highest BCUT2D eigenvalue weighted by Gasteiger charge is 2.45. The van der Waals surface area contributed by atoms with Crippen molar-refractivity contribution < 1.29 is 24.0 Å². The lowest BCUT2D eigenvalue weighted by Crippen LogP contribution is -2.55. The monoisotopic (exact) mass is 503 g/mol. The van der Waals surface area contributed by atoms with Crippen LogP contribution in [0.25, 0.3) is 11.4 Å². The van der Waals surface area contributed by atoms with Crippen molar-refractivity contribution in [2.75, 3.05) is 6.54 Å². The molecule has 1 fully saturated rings. The van der Waals surface area contributed by atoms with E-state index in [0.29, 0.717) is 17.9 Å². The van der Waals surface area contributed by atoms with E-state index in [0.717, 1.165) is 16.7 Å². The van der Waals surface area contributed by atoms with Crippen LogP contribution in [0.2, 0.25) is 0 Å². The fourth-order valence-corrected chi connectivity index (χ4v) is 5.13. The third-order valence-corrected chi connectivity index (χ3v) is 6.97. The number of nitrogens with zero attached hydrogens (tertiary/aromatic N) is 4. The summed E-state index contributed by atoms with van der Waals surface area (Å²) < 4.78 is 4.77. The summed E-state index contributed by atoms with van der Waals surface area (Å²) in [5.74, 6) is -0.551. The van der Waals surface area contributed by atoms with Gasteiger partial charge in [-0.1, -0.05) is 61.5 Å². The second-order valence-corrected chi connectivity index (χ2v) is 9.84. The molecule has 5 rings (SSSR count). The number of aliphatic hydroxyl groups excluding tert-OH is 1. The van der Waals surface area contributed by atoms with Crippen molar-refractivity contribution in [1.82, 2.24) is 25.3 Å². The molecule has 10 heteroatoms. The summed E-state index contributed by atoms with van der Waals surface area (Å²) in [5, 5.41) is 17.1. The molecule has 0 saturated carbocycles. The van der Waals surface area contributed by atoms with Gasteiger partial charge in [0.25, 0.3) is 5.91 Å². The molecule has 0 radical (unpaired) electrons. The number of aromatic nitrogens is 2. The van der Waals surface area contributed by atoms with E-state index in [1.54, 1.807) is 11.0 Å². The van der Waals surface area contributed by atoms with E-state index in [9.17, 15) is 19.5 Å². The number of benzene rings is 2. The molecular formula is C27H29N5O5.